The Balaban J connectivity index is 2.90. The number of halogens is 3. The predicted molar refractivity (Wildman–Crippen MR) is 83.4 cm³/mol. The molecule has 0 amide bonds. The minimum Gasteiger partial charge on any atom is -0.488 e. The zero-order chi connectivity index (χ0) is 15.6. The maximum Gasteiger partial charge on any atom is 0.265 e. The molecule has 0 atom stereocenters. The molecule has 20 heavy (non-hydrogen) atoms. The van der Waals surface area contributed by atoms with Gasteiger partial charge in [0.05, 0.1) is 17.2 Å². The number of hydrogen-bond acceptors (Lipinski definition) is 4. The molecule has 0 heterocycles. The van der Waals surface area contributed by atoms with E-state index in [-0.39, 0.29) is 27.9 Å². The minimum atomic E-state index is -3.95. The Hall–Kier alpha value is -0.0100. The van der Waals surface area contributed by atoms with E-state index in [0.717, 1.165) is 0 Å². The lowest BCUT2D eigenvalue weighted by atomic mass is 10.2. The van der Waals surface area contributed by atoms with Gasteiger partial charge in [-0.05, 0) is 32.9 Å². The molecule has 0 radical (unpaired) electrons. The van der Waals surface area contributed by atoms with Crippen LogP contribution in [0.4, 0.5) is 0 Å². The van der Waals surface area contributed by atoms with Crippen LogP contribution >= 0.6 is 38.2 Å². The molecule has 114 valence electrons. The molecule has 4 nitrogen and oxygen atoms in total. The van der Waals surface area contributed by atoms with Gasteiger partial charge in [0.15, 0.2) is 5.75 Å². The van der Waals surface area contributed by atoms with E-state index in [9.17, 15) is 8.42 Å². The summed E-state index contributed by atoms with van der Waals surface area (Å²) in [6.07, 6.45) is 0. The van der Waals surface area contributed by atoms with E-state index in [1.165, 1.54) is 12.1 Å². The quantitative estimate of drug-likeness (QED) is 0.543. The average Bonchev–Trinajstić information content (AvgIpc) is 2.23. The first-order valence-corrected chi connectivity index (χ1v) is 9.19. The summed E-state index contributed by atoms with van der Waals surface area (Å²) in [5, 5.41) is 0.161. The number of benzene rings is 1. The zero-order valence-electron chi connectivity index (χ0n) is 11.2. The SMILES string of the molecule is CC(C)(C)OCCOc1c(Cl)cc(Br)cc1S(=O)(=O)Cl. The summed E-state index contributed by atoms with van der Waals surface area (Å²) in [6, 6.07) is 2.88. The molecule has 0 bridgehead atoms. The van der Waals surface area contributed by atoms with Crippen LogP contribution in [0.3, 0.4) is 0 Å². The topological polar surface area (TPSA) is 52.6 Å². The molecule has 1 rings (SSSR count). The molecule has 0 aliphatic rings. The van der Waals surface area contributed by atoms with Gasteiger partial charge in [0.25, 0.3) is 9.05 Å². The summed E-state index contributed by atoms with van der Waals surface area (Å²) >= 11 is 9.15. The molecule has 0 spiro atoms. The maximum atomic E-state index is 11.5. The van der Waals surface area contributed by atoms with Crippen molar-refractivity contribution in [1.29, 1.82) is 0 Å². The highest BCUT2D eigenvalue weighted by Crippen LogP contribution is 2.37. The fourth-order valence-corrected chi connectivity index (χ4v) is 3.42. The van der Waals surface area contributed by atoms with Crippen LogP contribution < -0.4 is 4.74 Å². The van der Waals surface area contributed by atoms with E-state index in [1.54, 1.807) is 0 Å². The third-order valence-corrected chi connectivity index (χ3v) is 4.17. The van der Waals surface area contributed by atoms with Crippen molar-refractivity contribution in [3.8, 4) is 5.75 Å². The first-order valence-electron chi connectivity index (χ1n) is 5.71. The van der Waals surface area contributed by atoms with E-state index >= 15 is 0 Å². The molecule has 0 N–H and O–H groups in total. The number of ether oxygens (including phenoxy) is 2. The van der Waals surface area contributed by atoms with Gasteiger partial charge in [-0.15, -0.1) is 0 Å². The smallest absolute Gasteiger partial charge is 0.265 e. The zero-order valence-corrected chi connectivity index (χ0v) is 15.2. The van der Waals surface area contributed by atoms with E-state index in [4.69, 9.17) is 31.8 Å². The lowest BCUT2D eigenvalue weighted by Crippen LogP contribution is -2.22. The largest absolute Gasteiger partial charge is 0.488 e. The van der Waals surface area contributed by atoms with Crippen molar-refractivity contribution in [2.75, 3.05) is 13.2 Å². The van der Waals surface area contributed by atoms with Gasteiger partial charge in [-0.3, -0.25) is 0 Å². The molecule has 0 saturated heterocycles. The van der Waals surface area contributed by atoms with Gasteiger partial charge in [-0.2, -0.15) is 0 Å². The van der Waals surface area contributed by atoms with Crippen LogP contribution in [0.25, 0.3) is 0 Å². The molecule has 0 fully saturated rings. The summed E-state index contributed by atoms with van der Waals surface area (Å²) in [6.45, 7) is 6.20. The third kappa shape index (κ3) is 5.77. The van der Waals surface area contributed by atoms with E-state index < -0.39 is 9.05 Å². The Morgan fingerprint density at radius 2 is 1.85 bits per heavy atom. The van der Waals surface area contributed by atoms with Crippen molar-refractivity contribution in [2.45, 2.75) is 31.3 Å². The molecule has 1 aromatic carbocycles. The maximum absolute atomic E-state index is 11.5. The van der Waals surface area contributed by atoms with E-state index in [2.05, 4.69) is 15.9 Å². The summed E-state index contributed by atoms with van der Waals surface area (Å²) in [4.78, 5) is -0.172. The van der Waals surface area contributed by atoms with Gasteiger partial charge in [-0.1, -0.05) is 27.5 Å². The standard InChI is InChI=1S/C12H15BrCl2O4S/c1-12(2,3)19-5-4-18-11-9(14)6-8(13)7-10(11)20(15,16)17/h6-7H,4-5H2,1-3H3. The van der Waals surface area contributed by atoms with Crippen LogP contribution in [0.15, 0.2) is 21.5 Å². The number of hydrogen-bond donors (Lipinski definition) is 0. The van der Waals surface area contributed by atoms with Crippen LogP contribution in [0.1, 0.15) is 20.8 Å². The molecule has 1 aromatic rings. The van der Waals surface area contributed by atoms with Crippen molar-refractivity contribution in [2.24, 2.45) is 0 Å². The van der Waals surface area contributed by atoms with Gasteiger partial charge in [0.2, 0.25) is 0 Å². The molecular weight excluding hydrogens is 391 g/mol. The molecule has 0 aliphatic heterocycles. The highest BCUT2D eigenvalue weighted by Gasteiger charge is 2.21. The fraction of sp³-hybridized carbons (Fsp3) is 0.500. The van der Waals surface area contributed by atoms with Crippen LogP contribution in [-0.4, -0.2) is 27.2 Å². The van der Waals surface area contributed by atoms with Gasteiger partial charge in [0.1, 0.15) is 11.5 Å². The van der Waals surface area contributed by atoms with Crippen LogP contribution in [-0.2, 0) is 13.8 Å². The Bertz CT molecular complexity index is 582. The van der Waals surface area contributed by atoms with Crippen molar-refractivity contribution in [3.63, 3.8) is 0 Å². The first kappa shape index (κ1) is 18.0. The summed E-state index contributed by atoms with van der Waals surface area (Å²) in [7, 11) is 1.42. The van der Waals surface area contributed by atoms with E-state index in [1.807, 2.05) is 20.8 Å². The van der Waals surface area contributed by atoms with Crippen molar-refractivity contribution >= 4 is 47.3 Å². The van der Waals surface area contributed by atoms with Gasteiger partial charge in [0, 0.05) is 15.2 Å². The van der Waals surface area contributed by atoms with Gasteiger partial charge >= 0.3 is 0 Å². The molecule has 0 aliphatic carbocycles. The summed E-state index contributed by atoms with van der Waals surface area (Å²) in [5.41, 5.74) is -0.297. The third-order valence-electron chi connectivity index (χ3n) is 2.10. The second-order valence-corrected chi connectivity index (χ2v) is 8.82. The molecular formula is C12H15BrCl2O4S. The van der Waals surface area contributed by atoms with Crippen LogP contribution in [0.5, 0.6) is 5.75 Å². The Labute approximate surface area is 136 Å². The second kappa shape index (κ2) is 6.83. The minimum absolute atomic E-state index is 0.0300. The lowest BCUT2D eigenvalue weighted by Gasteiger charge is -2.20. The Kier molecular flexibility index (Phi) is 6.16. The highest BCUT2D eigenvalue weighted by molar-refractivity contribution is 9.10. The molecule has 8 heteroatoms. The van der Waals surface area contributed by atoms with Crippen molar-refractivity contribution in [1.82, 2.24) is 0 Å². The Morgan fingerprint density at radius 1 is 1.25 bits per heavy atom. The second-order valence-electron chi connectivity index (χ2n) is 4.96. The molecule has 0 aromatic heterocycles. The lowest BCUT2D eigenvalue weighted by molar-refractivity contribution is -0.0166. The molecule has 0 saturated carbocycles. The van der Waals surface area contributed by atoms with Gasteiger partial charge in [-0.25, -0.2) is 8.42 Å². The monoisotopic (exact) mass is 404 g/mol. The van der Waals surface area contributed by atoms with E-state index in [0.29, 0.717) is 11.1 Å². The van der Waals surface area contributed by atoms with Crippen LogP contribution in [0, 0.1) is 0 Å². The average molecular weight is 406 g/mol. The van der Waals surface area contributed by atoms with Crippen molar-refractivity contribution < 1.29 is 17.9 Å². The van der Waals surface area contributed by atoms with Crippen molar-refractivity contribution in [3.05, 3.63) is 21.6 Å². The Morgan fingerprint density at radius 3 is 2.35 bits per heavy atom. The number of rotatable bonds is 5. The summed E-state index contributed by atoms with van der Waals surface area (Å²) in [5.74, 6) is 0.0300. The normalized spacial score (nSPS) is 12.5. The van der Waals surface area contributed by atoms with Crippen LogP contribution in [0.2, 0.25) is 5.02 Å². The fourth-order valence-electron chi connectivity index (χ4n) is 1.35. The first-order chi connectivity index (χ1) is 9.00. The summed E-state index contributed by atoms with van der Waals surface area (Å²) < 4.78 is 34.4. The van der Waals surface area contributed by atoms with Gasteiger partial charge < -0.3 is 9.47 Å². The highest BCUT2D eigenvalue weighted by atomic mass is 79.9. The molecule has 0 unspecified atom stereocenters. The predicted octanol–water partition coefficient (Wildman–Crippen LogP) is 4.22.